The molecule has 82 valence electrons. The van der Waals surface area contributed by atoms with Crippen LogP contribution in [-0.4, -0.2) is 28.0 Å². The molecule has 1 N–H and O–H groups in total. The van der Waals surface area contributed by atoms with Crippen molar-refractivity contribution in [1.82, 2.24) is 9.55 Å². The molecule has 6 nitrogen and oxygen atoms in total. The normalized spacial score (nSPS) is 9.80. The highest BCUT2D eigenvalue weighted by Gasteiger charge is 2.12. The molecular formula is C9H13N3O3. The monoisotopic (exact) mass is 211 g/mol. The fraction of sp³-hybridized carbons (Fsp3) is 0.444. The molecule has 1 aromatic rings. The molecule has 6 heteroatoms. The molecule has 0 aliphatic heterocycles. The fourth-order valence-electron chi connectivity index (χ4n) is 1.11. The molecule has 0 saturated heterocycles. The van der Waals surface area contributed by atoms with Crippen molar-refractivity contribution in [2.75, 3.05) is 11.9 Å². The molecule has 0 radical (unpaired) electrons. The second kappa shape index (κ2) is 4.59. The largest absolute Gasteiger partial charge is 0.450 e. The van der Waals surface area contributed by atoms with Gasteiger partial charge in [-0.3, -0.25) is 10.1 Å². The Morgan fingerprint density at radius 3 is 2.73 bits per heavy atom. The standard InChI is InChI=1S/C9H13N3O3/c1-4-15-9(14)11-8-10-5-7(6(2)13)12(8)3/h5H,4H2,1-3H3,(H,10,11,14). The van der Waals surface area contributed by atoms with Gasteiger partial charge in [0.25, 0.3) is 0 Å². The number of hydrogen-bond acceptors (Lipinski definition) is 4. The van der Waals surface area contributed by atoms with Gasteiger partial charge >= 0.3 is 6.09 Å². The summed E-state index contributed by atoms with van der Waals surface area (Å²) in [6.45, 7) is 3.43. The van der Waals surface area contributed by atoms with Crippen LogP contribution in [0.1, 0.15) is 24.3 Å². The van der Waals surface area contributed by atoms with Crippen LogP contribution in [0, 0.1) is 0 Å². The van der Waals surface area contributed by atoms with Gasteiger partial charge in [-0.15, -0.1) is 0 Å². The number of hydrogen-bond donors (Lipinski definition) is 1. The zero-order valence-corrected chi connectivity index (χ0v) is 8.90. The van der Waals surface area contributed by atoms with Gasteiger partial charge in [-0.25, -0.2) is 9.78 Å². The van der Waals surface area contributed by atoms with Crippen LogP contribution >= 0.6 is 0 Å². The Balaban J connectivity index is 2.79. The number of imidazole rings is 1. The van der Waals surface area contributed by atoms with Crippen LogP contribution in [0.3, 0.4) is 0 Å². The average molecular weight is 211 g/mol. The minimum absolute atomic E-state index is 0.109. The Morgan fingerprint density at radius 2 is 2.27 bits per heavy atom. The molecule has 0 fully saturated rings. The molecule has 15 heavy (non-hydrogen) atoms. The number of carbonyl (C=O) groups excluding carboxylic acids is 2. The number of ketones is 1. The summed E-state index contributed by atoms with van der Waals surface area (Å²) >= 11 is 0. The lowest BCUT2D eigenvalue weighted by molar-refractivity contribution is 0.101. The molecule has 1 rings (SSSR count). The Bertz CT molecular complexity index is 384. The molecule has 0 saturated carbocycles. The highest BCUT2D eigenvalue weighted by Crippen LogP contribution is 2.08. The van der Waals surface area contributed by atoms with Crippen LogP contribution in [0.2, 0.25) is 0 Å². The molecule has 0 bridgehead atoms. The molecule has 0 unspecified atom stereocenters. The van der Waals surface area contributed by atoms with Gasteiger partial charge in [0.15, 0.2) is 5.78 Å². The van der Waals surface area contributed by atoms with E-state index in [-0.39, 0.29) is 12.4 Å². The van der Waals surface area contributed by atoms with E-state index in [9.17, 15) is 9.59 Å². The Morgan fingerprint density at radius 1 is 1.60 bits per heavy atom. The first-order chi connectivity index (χ1) is 7.06. The SMILES string of the molecule is CCOC(=O)Nc1ncc(C(C)=O)n1C. The summed E-state index contributed by atoms with van der Waals surface area (Å²) in [6, 6.07) is 0. The first-order valence-electron chi connectivity index (χ1n) is 4.52. The lowest BCUT2D eigenvalue weighted by atomic mass is 10.3. The fourth-order valence-corrected chi connectivity index (χ4v) is 1.11. The number of anilines is 1. The molecule has 0 atom stereocenters. The van der Waals surface area contributed by atoms with Crippen molar-refractivity contribution in [3.8, 4) is 0 Å². The van der Waals surface area contributed by atoms with Crippen molar-refractivity contribution in [2.45, 2.75) is 13.8 Å². The van der Waals surface area contributed by atoms with Crippen LogP contribution in [0.4, 0.5) is 10.7 Å². The third kappa shape index (κ3) is 2.55. The molecule has 0 aliphatic rings. The van der Waals surface area contributed by atoms with Crippen LogP contribution in [-0.2, 0) is 11.8 Å². The van der Waals surface area contributed by atoms with Crippen LogP contribution in [0.5, 0.6) is 0 Å². The van der Waals surface area contributed by atoms with Crippen molar-refractivity contribution >= 4 is 17.8 Å². The lowest BCUT2D eigenvalue weighted by Crippen LogP contribution is -2.17. The third-order valence-electron chi connectivity index (χ3n) is 1.84. The molecule has 0 aliphatic carbocycles. The first kappa shape index (κ1) is 11.2. The number of rotatable bonds is 3. The van der Waals surface area contributed by atoms with E-state index < -0.39 is 6.09 Å². The van der Waals surface area contributed by atoms with Crippen LogP contribution in [0.15, 0.2) is 6.20 Å². The topological polar surface area (TPSA) is 73.2 Å². The highest BCUT2D eigenvalue weighted by atomic mass is 16.5. The van der Waals surface area contributed by atoms with Crippen molar-refractivity contribution in [2.24, 2.45) is 7.05 Å². The second-order valence-corrected chi connectivity index (χ2v) is 2.93. The average Bonchev–Trinajstić information content (AvgIpc) is 2.48. The number of nitrogens with one attached hydrogen (secondary N) is 1. The van der Waals surface area contributed by atoms with E-state index in [2.05, 4.69) is 15.0 Å². The maximum absolute atomic E-state index is 11.1. The maximum atomic E-state index is 11.1. The molecule has 0 aromatic carbocycles. The highest BCUT2D eigenvalue weighted by molar-refractivity contribution is 5.93. The predicted molar refractivity (Wildman–Crippen MR) is 53.9 cm³/mol. The van der Waals surface area contributed by atoms with E-state index in [4.69, 9.17) is 0 Å². The summed E-state index contributed by atoms with van der Waals surface area (Å²) in [7, 11) is 1.64. The van der Waals surface area contributed by atoms with Crippen molar-refractivity contribution in [3.05, 3.63) is 11.9 Å². The van der Waals surface area contributed by atoms with Gasteiger partial charge in [-0.1, -0.05) is 0 Å². The number of amides is 1. The van der Waals surface area contributed by atoms with Gasteiger partial charge < -0.3 is 9.30 Å². The maximum Gasteiger partial charge on any atom is 0.413 e. The smallest absolute Gasteiger partial charge is 0.413 e. The van der Waals surface area contributed by atoms with Crippen LogP contribution < -0.4 is 5.32 Å². The number of ether oxygens (including phenoxy) is 1. The molecule has 0 spiro atoms. The molecule has 1 aromatic heterocycles. The number of Topliss-reactive ketones (excluding diaryl/α,β-unsaturated/α-hetero) is 1. The van der Waals surface area contributed by atoms with Gasteiger partial charge in [0.1, 0.15) is 5.69 Å². The Kier molecular flexibility index (Phi) is 3.43. The van der Waals surface area contributed by atoms with E-state index >= 15 is 0 Å². The summed E-state index contributed by atoms with van der Waals surface area (Å²) in [5, 5.41) is 2.42. The second-order valence-electron chi connectivity index (χ2n) is 2.93. The summed E-state index contributed by atoms with van der Waals surface area (Å²) in [5.74, 6) is 0.181. The quantitative estimate of drug-likeness (QED) is 0.762. The van der Waals surface area contributed by atoms with Gasteiger partial charge in [-0.05, 0) is 6.92 Å². The Hall–Kier alpha value is -1.85. The Labute approximate surface area is 87.2 Å². The number of aromatic nitrogens is 2. The first-order valence-corrected chi connectivity index (χ1v) is 4.52. The van der Waals surface area contributed by atoms with E-state index in [1.165, 1.54) is 17.7 Å². The number of nitrogens with zero attached hydrogens (tertiary/aromatic N) is 2. The minimum atomic E-state index is -0.582. The molecular weight excluding hydrogens is 198 g/mol. The molecule has 1 heterocycles. The van der Waals surface area contributed by atoms with Crippen LogP contribution in [0.25, 0.3) is 0 Å². The zero-order chi connectivity index (χ0) is 11.4. The van der Waals surface area contributed by atoms with E-state index in [1.54, 1.807) is 14.0 Å². The number of carbonyl (C=O) groups is 2. The summed E-state index contributed by atoms with van der Waals surface area (Å²) in [5.41, 5.74) is 0.432. The van der Waals surface area contributed by atoms with Gasteiger partial charge in [0.2, 0.25) is 5.95 Å². The van der Waals surface area contributed by atoms with Gasteiger partial charge in [-0.2, -0.15) is 0 Å². The van der Waals surface area contributed by atoms with E-state index in [0.717, 1.165) is 0 Å². The van der Waals surface area contributed by atoms with Crippen molar-refractivity contribution in [1.29, 1.82) is 0 Å². The zero-order valence-electron chi connectivity index (χ0n) is 8.90. The summed E-state index contributed by atoms with van der Waals surface area (Å²) in [6.07, 6.45) is 0.825. The van der Waals surface area contributed by atoms with E-state index in [1.807, 2.05) is 0 Å². The van der Waals surface area contributed by atoms with Crippen molar-refractivity contribution in [3.63, 3.8) is 0 Å². The van der Waals surface area contributed by atoms with E-state index in [0.29, 0.717) is 11.6 Å². The lowest BCUT2D eigenvalue weighted by Gasteiger charge is -2.05. The minimum Gasteiger partial charge on any atom is -0.450 e. The van der Waals surface area contributed by atoms with Gasteiger partial charge in [0, 0.05) is 14.0 Å². The summed E-state index contributed by atoms with van der Waals surface area (Å²) < 4.78 is 6.18. The molecule has 1 amide bonds. The third-order valence-corrected chi connectivity index (χ3v) is 1.84. The van der Waals surface area contributed by atoms with Gasteiger partial charge in [0.05, 0.1) is 12.8 Å². The van der Waals surface area contributed by atoms with Crippen molar-refractivity contribution < 1.29 is 14.3 Å². The predicted octanol–water partition coefficient (Wildman–Crippen LogP) is 1.19. The summed E-state index contributed by atoms with van der Waals surface area (Å²) in [4.78, 5) is 26.0.